The first-order valence-corrected chi connectivity index (χ1v) is 2.26. The summed E-state index contributed by atoms with van der Waals surface area (Å²) in [6, 6.07) is 0. The van der Waals surface area contributed by atoms with Gasteiger partial charge in [-0.15, -0.1) is 10.1 Å². The van der Waals surface area contributed by atoms with E-state index in [0.29, 0.717) is 0 Å². The fraction of sp³-hybridized carbons (Fsp3) is 0. The first-order valence-electron chi connectivity index (χ1n) is 2.26. The molecule has 6 nitrogen and oxygen atoms in total. The van der Waals surface area contributed by atoms with Crippen molar-refractivity contribution in [1.82, 2.24) is 9.97 Å². The zero-order valence-corrected chi connectivity index (χ0v) is 7.94. The van der Waals surface area contributed by atoms with Crippen LogP contribution in [0.4, 0.5) is 0 Å². The Labute approximate surface area is 94.9 Å². The van der Waals surface area contributed by atoms with E-state index < -0.39 is 5.09 Å². The molecule has 0 spiro atoms. The van der Waals surface area contributed by atoms with Gasteiger partial charge in [0.2, 0.25) is 0 Å². The van der Waals surface area contributed by atoms with Gasteiger partial charge in [0.05, 0.1) is 0 Å². The fourth-order valence-electron chi connectivity index (χ4n) is 0.253. The molecule has 0 saturated carbocycles. The molecule has 11 heavy (non-hydrogen) atoms. The van der Waals surface area contributed by atoms with Gasteiger partial charge < -0.3 is 5.21 Å². The minimum Gasteiger partial charge on any atom is -0.328 e. The van der Waals surface area contributed by atoms with Crippen LogP contribution >= 0.6 is 0 Å². The summed E-state index contributed by atoms with van der Waals surface area (Å²) in [5.41, 5.74) is 0. The van der Waals surface area contributed by atoms with Crippen molar-refractivity contribution in [3.8, 4) is 0 Å². The molecule has 1 aromatic rings. The minimum atomic E-state index is -1.50. The number of hydrogen-bond donors (Lipinski definition) is 1. The van der Waals surface area contributed by atoms with Crippen LogP contribution in [0.2, 0.25) is 0 Å². The van der Waals surface area contributed by atoms with Gasteiger partial charge in [0.1, 0.15) is 0 Å². The van der Waals surface area contributed by atoms with E-state index in [1.165, 1.54) is 0 Å². The summed E-state index contributed by atoms with van der Waals surface area (Å²) in [7, 11) is 0. The molecule has 0 saturated heterocycles. The first kappa shape index (κ1) is 13.2. The van der Waals surface area contributed by atoms with E-state index in [2.05, 4.69) is 9.97 Å². The predicted molar refractivity (Wildman–Crippen MR) is 30.8 cm³/mol. The molecule has 0 aliphatic heterocycles. The van der Waals surface area contributed by atoms with Crippen molar-refractivity contribution in [3.63, 3.8) is 0 Å². The third kappa shape index (κ3) is 17.7. The fourth-order valence-corrected chi connectivity index (χ4v) is 0.253. The Hall–Kier alpha value is -0.382. The Balaban J connectivity index is 0. The van der Waals surface area contributed by atoms with Gasteiger partial charge in [0, 0.05) is 65.2 Å². The smallest absolute Gasteiger partial charge is 0.291 e. The molecule has 0 unspecified atom stereocenters. The van der Waals surface area contributed by atoms with Crippen LogP contribution in [0.3, 0.4) is 0 Å². The number of aromatic nitrogens is 2. The van der Waals surface area contributed by atoms with Crippen LogP contribution in [0.25, 0.3) is 0 Å². The summed E-state index contributed by atoms with van der Waals surface area (Å²) in [5, 5.41) is 13.6. The predicted octanol–water partition coefficient (Wildman–Crippen LogP) is 0.129. The zero-order valence-electron chi connectivity index (χ0n) is 5.32. The Morgan fingerprint density at radius 3 is 1.45 bits per heavy atom. The summed E-state index contributed by atoms with van der Waals surface area (Å²) in [4.78, 5) is 15.8. The van der Waals surface area contributed by atoms with Crippen LogP contribution in [0.15, 0.2) is 24.8 Å². The third-order valence-corrected chi connectivity index (χ3v) is 0.478. The summed E-state index contributed by atoms with van der Waals surface area (Å²) in [5.74, 6) is 0. The second kappa shape index (κ2) is 9.62. The Morgan fingerprint density at radius 2 is 1.36 bits per heavy atom. The quantitative estimate of drug-likeness (QED) is 0.542. The summed E-state index contributed by atoms with van der Waals surface area (Å²) in [6.45, 7) is 0. The maximum Gasteiger partial charge on any atom is 0.291 e. The van der Waals surface area contributed by atoms with Gasteiger partial charge in [-0.3, -0.25) is 9.97 Å². The van der Waals surface area contributed by atoms with E-state index in [4.69, 9.17) is 15.3 Å². The monoisotopic (exact) mass is 295 g/mol. The molecule has 0 bridgehead atoms. The van der Waals surface area contributed by atoms with E-state index in [1.807, 2.05) is 0 Å². The van der Waals surface area contributed by atoms with Gasteiger partial charge >= 0.3 is 0 Å². The molecule has 0 fully saturated rings. The van der Waals surface area contributed by atoms with Gasteiger partial charge in [-0.05, 0) is 0 Å². The summed E-state index contributed by atoms with van der Waals surface area (Å²) in [6.07, 6.45) is 6.56. The van der Waals surface area contributed by atoms with E-state index in [9.17, 15) is 0 Å². The molecule has 0 amide bonds. The summed E-state index contributed by atoms with van der Waals surface area (Å²) >= 11 is 0. The van der Waals surface area contributed by atoms with E-state index in [0.717, 1.165) is 0 Å². The molecule has 7 heteroatoms. The van der Waals surface area contributed by atoms with Gasteiger partial charge in [0.25, 0.3) is 5.09 Å². The minimum absolute atomic E-state index is 0. The Kier molecular flexibility index (Phi) is 11.6. The number of hydrogen-bond acceptors (Lipinski definition) is 4. The Morgan fingerprint density at radius 1 is 1.18 bits per heavy atom. The average molecular weight is 293 g/mol. The van der Waals surface area contributed by atoms with Crippen LogP contribution < -0.4 is 0 Å². The molecule has 0 aromatic carbocycles. The first-order chi connectivity index (χ1) is 4.73. The normalized spacial score (nSPS) is 6.55. The molecule has 60 valence electrons. The SMILES string of the molecule is O=[N+]([O-])O.[Sm].c1cnccn1. The molecule has 0 aliphatic rings. The van der Waals surface area contributed by atoms with Gasteiger partial charge in [-0.1, -0.05) is 0 Å². The molecule has 0 aliphatic carbocycles. The maximum atomic E-state index is 8.36. The van der Waals surface area contributed by atoms with E-state index in [-0.39, 0.29) is 40.4 Å². The van der Waals surface area contributed by atoms with Crippen LogP contribution in [0.5, 0.6) is 0 Å². The van der Waals surface area contributed by atoms with Crippen molar-refractivity contribution in [3.05, 3.63) is 34.9 Å². The van der Waals surface area contributed by atoms with Crippen molar-refractivity contribution in [2.24, 2.45) is 0 Å². The second-order valence-electron chi connectivity index (χ2n) is 1.13. The third-order valence-electron chi connectivity index (χ3n) is 0.478. The molecule has 1 aromatic heterocycles. The molecular formula is C4H5N3O3Sm. The van der Waals surface area contributed by atoms with Crippen LogP contribution in [-0.4, -0.2) is 20.3 Å². The van der Waals surface area contributed by atoms with Crippen LogP contribution in [-0.2, 0) is 0 Å². The molecule has 0 radical (unpaired) electrons. The molecule has 1 N–H and O–H groups in total. The second-order valence-corrected chi connectivity index (χ2v) is 1.13. The Bertz CT molecular complexity index is 152. The van der Waals surface area contributed by atoms with Crippen molar-refractivity contribution >= 4 is 0 Å². The largest absolute Gasteiger partial charge is 0.328 e. The van der Waals surface area contributed by atoms with Gasteiger partial charge in [-0.2, -0.15) is 0 Å². The molecule has 0 atom stereocenters. The maximum absolute atomic E-state index is 8.36. The van der Waals surface area contributed by atoms with Crippen LogP contribution in [0.1, 0.15) is 0 Å². The number of nitrogens with zero attached hydrogens (tertiary/aromatic N) is 3. The van der Waals surface area contributed by atoms with Crippen molar-refractivity contribution in [1.29, 1.82) is 0 Å². The average Bonchev–Trinajstić information content (AvgIpc) is 1.90. The van der Waals surface area contributed by atoms with Crippen molar-refractivity contribution in [2.75, 3.05) is 0 Å². The van der Waals surface area contributed by atoms with E-state index in [1.54, 1.807) is 24.8 Å². The van der Waals surface area contributed by atoms with Gasteiger partial charge in [-0.25, -0.2) is 0 Å². The number of rotatable bonds is 0. The topological polar surface area (TPSA) is 89.2 Å². The standard InChI is InChI=1S/C4H4N2.HNO3.Sm/c1-2-6-4-3-5-1;2-1(3)4;/h1-4H;(H,2,3,4);. The molecular weight excluding hydrogens is 288 g/mol. The summed E-state index contributed by atoms with van der Waals surface area (Å²) < 4.78 is 0. The molecule has 1 rings (SSSR count). The van der Waals surface area contributed by atoms with Crippen molar-refractivity contribution in [2.45, 2.75) is 0 Å². The van der Waals surface area contributed by atoms with Crippen LogP contribution in [0, 0.1) is 50.5 Å². The van der Waals surface area contributed by atoms with Crippen molar-refractivity contribution < 1.29 is 50.7 Å². The van der Waals surface area contributed by atoms with Gasteiger partial charge in [0.15, 0.2) is 0 Å². The van der Waals surface area contributed by atoms with E-state index >= 15 is 0 Å². The zero-order chi connectivity index (χ0) is 7.82. The molecule has 1 heterocycles.